The zero-order valence-electron chi connectivity index (χ0n) is 11.3. The molecule has 0 aromatic heterocycles. The maximum Gasteiger partial charge on any atom is 0.326 e. The quantitative estimate of drug-likeness (QED) is 0.653. The van der Waals surface area contributed by atoms with Crippen molar-refractivity contribution < 1.29 is 14.7 Å². The lowest BCUT2D eigenvalue weighted by molar-refractivity contribution is -0.139. The van der Waals surface area contributed by atoms with Crippen molar-refractivity contribution in [1.82, 2.24) is 10.6 Å². The number of amides is 2. The summed E-state index contributed by atoms with van der Waals surface area (Å²) in [5.41, 5.74) is 0.251. The van der Waals surface area contributed by atoms with Gasteiger partial charge in [-0.3, -0.25) is 0 Å². The highest BCUT2D eigenvalue weighted by molar-refractivity contribution is 5.82. The van der Waals surface area contributed by atoms with Crippen molar-refractivity contribution in [3.63, 3.8) is 0 Å². The number of carboxylic acid groups (broad SMARTS) is 1. The van der Waals surface area contributed by atoms with Gasteiger partial charge >= 0.3 is 12.0 Å². The van der Waals surface area contributed by atoms with Gasteiger partial charge in [0.05, 0.1) is 0 Å². The average molecular weight is 256 g/mol. The fourth-order valence-electron chi connectivity index (χ4n) is 2.36. The molecule has 1 fully saturated rings. The Bertz CT molecular complexity index is 295. The van der Waals surface area contributed by atoms with E-state index < -0.39 is 12.0 Å². The van der Waals surface area contributed by atoms with Crippen LogP contribution in [-0.2, 0) is 4.79 Å². The second kappa shape index (κ2) is 6.61. The van der Waals surface area contributed by atoms with E-state index in [0.717, 1.165) is 25.7 Å². The van der Waals surface area contributed by atoms with Gasteiger partial charge in [-0.25, -0.2) is 9.59 Å². The SMILES string of the molecule is CCC[C@H](NC(=O)NCC1(CC)CCC1)C(=O)O. The van der Waals surface area contributed by atoms with E-state index in [-0.39, 0.29) is 11.4 Å². The van der Waals surface area contributed by atoms with Gasteiger partial charge in [0.25, 0.3) is 0 Å². The lowest BCUT2D eigenvalue weighted by atomic mass is 9.67. The van der Waals surface area contributed by atoms with Gasteiger partial charge in [0.15, 0.2) is 0 Å². The highest BCUT2D eigenvalue weighted by atomic mass is 16.4. The summed E-state index contributed by atoms with van der Waals surface area (Å²) in [4.78, 5) is 22.6. The van der Waals surface area contributed by atoms with Crippen LogP contribution in [0, 0.1) is 5.41 Å². The van der Waals surface area contributed by atoms with Crippen molar-refractivity contribution in [2.45, 2.75) is 58.4 Å². The first-order valence-electron chi connectivity index (χ1n) is 6.80. The largest absolute Gasteiger partial charge is 0.480 e. The number of carboxylic acids is 1. The maximum atomic E-state index is 11.6. The second-order valence-electron chi connectivity index (χ2n) is 5.21. The highest BCUT2D eigenvalue weighted by Crippen LogP contribution is 2.42. The Morgan fingerprint density at radius 3 is 2.39 bits per heavy atom. The molecule has 1 rings (SSSR count). The van der Waals surface area contributed by atoms with Crippen LogP contribution in [0.15, 0.2) is 0 Å². The topological polar surface area (TPSA) is 78.4 Å². The van der Waals surface area contributed by atoms with Crippen LogP contribution >= 0.6 is 0 Å². The van der Waals surface area contributed by atoms with Gasteiger partial charge in [-0.2, -0.15) is 0 Å². The average Bonchev–Trinajstić information content (AvgIpc) is 2.27. The van der Waals surface area contributed by atoms with E-state index in [0.29, 0.717) is 13.0 Å². The Morgan fingerprint density at radius 1 is 1.33 bits per heavy atom. The van der Waals surface area contributed by atoms with Crippen LogP contribution in [0.5, 0.6) is 0 Å². The molecule has 3 N–H and O–H groups in total. The van der Waals surface area contributed by atoms with Gasteiger partial charge in [0.1, 0.15) is 6.04 Å². The molecule has 0 aliphatic heterocycles. The minimum Gasteiger partial charge on any atom is -0.480 e. The molecule has 0 radical (unpaired) electrons. The first kappa shape index (κ1) is 14.8. The molecule has 1 saturated carbocycles. The Kier molecular flexibility index (Phi) is 5.44. The van der Waals surface area contributed by atoms with Crippen molar-refractivity contribution >= 4 is 12.0 Å². The molecule has 0 aromatic rings. The molecule has 0 saturated heterocycles. The predicted octanol–water partition coefficient (Wildman–Crippen LogP) is 2.12. The zero-order chi connectivity index (χ0) is 13.6. The smallest absolute Gasteiger partial charge is 0.326 e. The van der Waals surface area contributed by atoms with E-state index in [9.17, 15) is 9.59 Å². The molecule has 0 unspecified atom stereocenters. The molecule has 2 amide bonds. The fraction of sp³-hybridized carbons (Fsp3) is 0.846. The molecule has 1 aliphatic rings. The molecule has 1 atom stereocenters. The summed E-state index contributed by atoms with van der Waals surface area (Å²) in [6.07, 6.45) is 5.79. The van der Waals surface area contributed by atoms with Gasteiger partial charge < -0.3 is 15.7 Å². The Morgan fingerprint density at radius 2 is 2.00 bits per heavy atom. The van der Waals surface area contributed by atoms with Crippen LogP contribution in [0.1, 0.15) is 52.4 Å². The molecule has 0 bridgehead atoms. The van der Waals surface area contributed by atoms with E-state index in [1.807, 2.05) is 6.92 Å². The third-order valence-electron chi connectivity index (χ3n) is 3.97. The van der Waals surface area contributed by atoms with Crippen molar-refractivity contribution in [3.05, 3.63) is 0 Å². The number of carbonyl (C=O) groups excluding carboxylic acids is 1. The van der Waals surface area contributed by atoms with Crippen LogP contribution in [0.4, 0.5) is 4.79 Å². The molecule has 0 aromatic carbocycles. The highest BCUT2D eigenvalue weighted by Gasteiger charge is 2.35. The van der Waals surface area contributed by atoms with Crippen molar-refractivity contribution in [2.24, 2.45) is 5.41 Å². The van der Waals surface area contributed by atoms with Gasteiger partial charge in [-0.15, -0.1) is 0 Å². The monoisotopic (exact) mass is 256 g/mol. The molecule has 0 heterocycles. The number of hydrogen-bond acceptors (Lipinski definition) is 2. The second-order valence-corrected chi connectivity index (χ2v) is 5.21. The lowest BCUT2D eigenvalue weighted by Crippen LogP contribution is -2.49. The van der Waals surface area contributed by atoms with E-state index in [1.54, 1.807) is 0 Å². The van der Waals surface area contributed by atoms with Gasteiger partial charge in [-0.1, -0.05) is 26.7 Å². The lowest BCUT2D eigenvalue weighted by Gasteiger charge is -2.41. The normalized spacial score (nSPS) is 18.6. The summed E-state index contributed by atoms with van der Waals surface area (Å²) < 4.78 is 0. The van der Waals surface area contributed by atoms with E-state index in [4.69, 9.17) is 5.11 Å². The van der Waals surface area contributed by atoms with Gasteiger partial charge in [0.2, 0.25) is 0 Å². The summed E-state index contributed by atoms with van der Waals surface area (Å²) in [5.74, 6) is -0.971. The first-order valence-corrected chi connectivity index (χ1v) is 6.80. The summed E-state index contributed by atoms with van der Waals surface area (Å²) in [6, 6.07) is -1.15. The number of carbonyl (C=O) groups is 2. The third-order valence-corrected chi connectivity index (χ3v) is 3.97. The fourth-order valence-corrected chi connectivity index (χ4v) is 2.36. The number of aliphatic carboxylic acids is 1. The van der Waals surface area contributed by atoms with Crippen LogP contribution in [0.2, 0.25) is 0 Å². The molecule has 1 aliphatic carbocycles. The minimum absolute atomic E-state index is 0.251. The molecule has 0 spiro atoms. The Hall–Kier alpha value is -1.26. The standard InChI is InChI=1S/C13H24N2O3/c1-3-6-10(11(16)17)15-12(18)14-9-13(4-2)7-5-8-13/h10H,3-9H2,1-2H3,(H,16,17)(H2,14,15,18)/t10-/m0/s1. The number of hydrogen-bond donors (Lipinski definition) is 3. The van der Waals surface area contributed by atoms with Crippen LogP contribution in [0.25, 0.3) is 0 Å². The van der Waals surface area contributed by atoms with Gasteiger partial charge in [0, 0.05) is 6.54 Å². The zero-order valence-corrected chi connectivity index (χ0v) is 11.3. The Balaban J connectivity index is 2.33. The summed E-state index contributed by atoms with van der Waals surface area (Å²) in [7, 11) is 0. The summed E-state index contributed by atoms with van der Waals surface area (Å²) in [6.45, 7) is 4.68. The molecule has 18 heavy (non-hydrogen) atoms. The van der Waals surface area contributed by atoms with E-state index in [2.05, 4.69) is 17.6 Å². The molecular weight excluding hydrogens is 232 g/mol. The first-order chi connectivity index (χ1) is 8.53. The van der Waals surface area contributed by atoms with Crippen LogP contribution in [-0.4, -0.2) is 29.7 Å². The molecule has 5 nitrogen and oxygen atoms in total. The molecular formula is C13H24N2O3. The van der Waals surface area contributed by atoms with Crippen LogP contribution < -0.4 is 10.6 Å². The predicted molar refractivity (Wildman–Crippen MR) is 69.4 cm³/mol. The van der Waals surface area contributed by atoms with Crippen molar-refractivity contribution in [3.8, 4) is 0 Å². The Labute approximate surface area is 108 Å². The number of nitrogens with one attached hydrogen (secondary N) is 2. The van der Waals surface area contributed by atoms with E-state index in [1.165, 1.54) is 6.42 Å². The number of urea groups is 1. The molecule has 104 valence electrons. The van der Waals surface area contributed by atoms with Gasteiger partial charge in [-0.05, 0) is 31.1 Å². The maximum absolute atomic E-state index is 11.6. The number of rotatable bonds is 7. The van der Waals surface area contributed by atoms with Crippen molar-refractivity contribution in [1.29, 1.82) is 0 Å². The summed E-state index contributed by atoms with van der Waals surface area (Å²) >= 11 is 0. The minimum atomic E-state index is -0.971. The molecule has 5 heteroatoms. The van der Waals surface area contributed by atoms with Crippen LogP contribution in [0.3, 0.4) is 0 Å². The summed E-state index contributed by atoms with van der Waals surface area (Å²) in [5, 5.41) is 14.3. The van der Waals surface area contributed by atoms with E-state index >= 15 is 0 Å². The van der Waals surface area contributed by atoms with Crippen molar-refractivity contribution in [2.75, 3.05) is 6.54 Å². The third kappa shape index (κ3) is 3.89.